The van der Waals surface area contributed by atoms with Crippen molar-refractivity contribution >= 4 is 0 Å². The van der Waals surface area contributed by atoms with Gasteiger partial charge in [-0.1, -0.05) is 12.8 Å². The van der Waals surface area contributed by atoms with Gasteiger partial charge < -0.3 is 14.3 Å². The number of furan rings is 1. The van der Waals surface area contributed by atoms with E-state index in [-0.39, 0.29) is 0 Å². The number of hydrogen-bond donors (Lipinski definition) is 1. The zero-order valence-electron chi connectivity index (χ0n) is 14.1. The first-order valence-electron chi connectivity index (χ1n) is 8.58. The van der Waals surface area contributed by atoms with Crippen LogP contribution < -0.4 is 4.74 Å². The Hall–Kier alpha value is -1.92. The summed E-state index contributed by atoms with van der Waals surface area (Å²) in [5.41, 5.74) is 0.926. The fourth-order valence-corrected chi connectivity index (χ4v) is 3.32. The van der Waals surface area contributed by atoms with E-state index in [0.29, 0.717) is 24.1 Å². The summed E-state index contributed by atoms with van der Waals surface area (Å²) in [5, 5.41) is 18.7. The first-order valence-corrected chi connectivity index (χ1v) is 8.58. The van der Waals surface area contributed by atoms with Crippen molar-refractivity contribution in [3.63, 3.8) is 0 Å². The first-order chi connectivity index (χ1) is 11.8. The van der Waals surface area contributed by atoms with Crippen LogP contribution in [-0.2, 0) is 6.54 Å². The normalized spacial score (nSPS) is 20.5. The van der Waals surface area contributed by atoms with Crippen LogP contribution in [0.3, 0.4) is 0 Å². The van der Waals surface area contributed by atoms with Gasteiger partial charge in [0.1, 0.15) is 11.9 Å². The van der Waals surface area contributed by atoms with E-state index in [0.717, 1.165) is 25.2 Å². The zero-order valence-corrected chi connectivity index (χ0v) is 14.1. The number of likely N-dealkylation sites (tertiary alicyclic amines) is 1. The van der Waals surface area contributed by atoms with Gasteiger partial charge in [0, 0.05) is 18.7 Å². The van der Waals surface area contributed by atoms with Crippen molar-refractivity contribution in [2.24, 2.45) is 0 Å². The lowest BCUT2D eigenvalue weighted by atomic mass is 10.0. The average Bonchev–Trinajstić information content (AvgIpc) is 3.07. The molecule has 6 nitrogen and oxygen atoms in total. The maximum Gasteiger partial charge on any atom is 0.233 e. The fraction of sp³-hybridized carbons (Fsp3) is 0.556. The molecule has 0 radical (unpaired) electrons. The van der Waals surface area contributed by atoms with Crippen LogP contribution in [0.4, 0.5) is 0 Å². The van der Waals surface area contributed by atoms with Gasteiger partial charge in [-0.15, -0.1) is 5.10 Å². The molecular formula is C18H25N3O3. The summed E-state index contributed by atoms with van der Waals surface area (Å²) in [4.78, 5) is 2.41. The Kier molecular flexibility index (Phi) is 5.82. The van der Waals surface area contributed by atoms with E-state index in [9.17, 15) is 5.11 Å². The summed E-state index contributed by atoms with van der Waals surface area (Å²) >= 11 is 0. The number of methoxy groups -OCH3 is 1. The summed E-state index contributed by atoms with van der Waals surface area (Å²) in [7, 11) is 1.59. The van der Waals surface area contributed by atoms with Gasteiger partial charge in [0.2, 0.25) is 5.88 Å². The zero-order chi connectivity index (χ0) is 16.8. The second-order valence-electron chi connectivity index (χ2n) is 6.31. The lowest BCUT2D eigenvalue weighted by Gasteiger charge is -2.30. The van der Waals surface area contributed by atoms with E-state index in [4.69, 9.17) is 9.15 Å². The second kappa shape index (κ2) is 8.26. The molecule has 24 heavy (non-hydrogen) atoms. The summed E-state index contributed by atoms with van der Waals surface area (Å²) in [6.07, 6.45) is 6.41. The van der Waals surface area contributed by atoms with Gasteiger partial charge in [-0.25, -0.2) is 0 Å². The highest BCUT2D eigenvalue weighted by atomic mass is 16.5. The molecule has 0 aliphatic carbocycles. The minimum Gasteiger partial charge on any atom is -0.480 e. The molecule has 2 aromatic rings. The number of nitrogens with zero attached hydrogens (tertiary/aromatic N) is 3. The Morgan fingerprint density at radius 2 is 2.21 bits per heavy atom. The number of hydrogen-bond acceptors (Lipinski definition) is 6. The third-order valence-electron chi connectivity index (χ3n) is 4.64. The van der Waals surface area contributed by atoms with Crippen molar-refractivity contribution in [1.29, 1.82) is 0 Å². The molecule has 0 bridgehead atoms. The molecule has 0 spiro atoms. The molecule has 2 atom stereocenters. The largest absolute Gasteiger partial charge is 0.480 e. The molecule has 1 aliphatic heterocycles. The minimum atomic E-state index is -0.562. The third kappa shape index (κ3) is 4.33. The van der Waals surface area contributed by atoms with Gasteiger partial charge in [0.25, 0.3) is 0 Å². The summed E-state index contributed by atoms with van der Waals surface area (Å²) < 4.78 is 10.4. The minimum absolute atomic E-state index is 0.316. The van der Waals surface area contributed by atoms with Crippen LogP contribution in [0.25, 0.3) is 0 Å². The van der Waals surface area contributed by atoms with Crippen molar-refractivity contribution in [2.45, 2.75) is 50.8 Å². The number of ether oxygens (including phenoxy) is 1. The molecule has 0 saturated carbocycles. The molecule has 6 heteroatoms. The second-order valence-corrected chi connectivity index (χ2v) is 6.31. The van der Waals surface area contributed by atoms with Crippen LogP contribution in [0.2, 0.25) is 0 Å². The third-order valence-corrected chi connectivity index (χ3v) is 4.64. The Morgan fingerprint density at radius 3 is 2.92 bits per heavy atom. The molecule has 3 rings (SSSR count). The average molecular weight is 331 g/mol. The maximum atomic E-state index is 10.4. The van der Waals surface area contributed by atoms with Crippen molar-refractivity contribution in [3.8, 4) is 5.88 Å². The molecule has 2 aromatic heterocycles. The molecule has 1 N–H and O–H groups in total. The summed E-state index contributed by atoms with van der Waals surface area (Å²) in [6, 6.07) is 7.76. The van der Waals surface area contributed by atoms with Crippen LogP contribution in [0.1, 0.15) is 49.7 Å². The highest BCUT2D eigenvalue weighted by molar-refractivity contribution is 5.11. The quantitative estimate of drug-likeness (QED) is 0.877. The number of rotatable bonds is 6. The van der Waals surface area contributed by atoms with Gasteiger partial charge in [-0.3, -0.25) is 4.90 Å². The van der Waals surface area contributed by atoms with Crippen molar-refractivity contribution < 1.29 is 14.3 Å². The van der Waals surface area contributed by atoms with Crippen molar-refractivity contribution in [1.82, 2.24) is 15.1 Å². The Labute approximate surface area is 142 Å². The summed E-state index contributed by atoms with van der Waals surface area (Å²) in [5.74, 6) is 1.17. The van der Waals surface area contributed by atoms with Crippen LogP contribution in [0.15, 0.2) is 34.9 Å². The highest BCUT2D eigenvalue weighted by Crippen LogP contribution is 2.27. The number of aliphatic hydroxyl groups is 1. The molecule has 0 unspecified atom stereocenters. The summed E-state index contributed by atoms with van der Waals surface area (Å²) in [6.45, 7) is 1.76. The Morgan fingerprint density at radius 1 is 1.29 bits per heavy atom. The molecule has 130 valence electrons. The van der Waals surface area contributed by atoms with Gasteiger partial charge >= 0.3 is 0 Å². The first kappa shape index (κ1) is 16.9. The maximum absolute atomic E-state index is 10.4. The Balaban J connectivity index is 1.67. The monoisotopic (exact) mass is 331 g/mol. The molecular weight excluding hydrogens is 306 g/mol. The lowest BCUT2D eigenvalue weighted by molar-refractivity contribution is 0.0823. The van der Waals surface area contributed by atoms with Gasteiger partial charge in [-0.05, 0) is 44.0 Å². The van der Waals surface area contributed by atoms with E-state index in [1.54, 1.807) is 13.4 Å². The SMILES string of the molecule is COc1ccc(CN2CCCCC[C@H]2C[C@@H](O)c2ccco2)nn1. The number of aliphatic hydroxyl groups excluding tert-OH is 1. The van der Waals surface area contributed by atoms with Gasteiger partial charge in [0.05, 0.1) is 19.1 Å². The van der Waals surface area contributed by atoms with Gasteiger partial charge in [-0.2, -0.15) is 5.10 Å². The lowest BCUT2D eigenvalue weighted by Crippen LogP contribution is -2.35. The Bertz CT molecular complexity index is 600. The van der Waals surface area contributed by atoms with Crippen molar-refractivity contribution in [3.05, 3.63) is 42.0 Å². The molecule has 1 aliphatic rings. The molecule has 0 aromatic carbocycles. The van der Waals surface area contributed by atoms with Crippen LogP contribution in [-0.4, -0.2) is 39.9 Å². The van der Waals surface area contributed by atoms with E-state index in [1.807, 2.05) is 24.3 Å². The molecule has 0 amide bonds. The van der Waals surface area contributed by atoms with E-state index in [2.05, 4.69) is 15.1 Å². The molecule has 1 saturated heterocycles. The molecule has 1 fully saturated rings. The predicted molar refractivity (Wildman–Crippen MR) is 89.5 cm³/mol. The number of aromatic nitrogens is 2. The van der Waals surface area contributed by atoms with Crippen LogP contribution in [0.5, 0.6) is 5.88 Å². The van der Waals surface area contributed by atoms with Crippen molar-refractivity contribution in [2.75, 3.05) is 13.7 Å². The highest BCUT2D eigenvalue weighted by Gasteiger charge is 2.25. The van der Waals surface area contributed by atoms with Crippen LogP contribution >= 0.6 is 0 Å². The van der Waals surface area contributed by atoms with Gasteiger partial charge in [0.15, 0.2) is 0 Å². The standard InChI is InChI=1S/C18H25N3O3/c1-23-18-9-8-14(19-20-18)13-21-10-4-2-3-6-15(21)12-16(22)17-7-5-11-24-17/h5,7-9,11,15-16,22H,2-4,6,10,12-13H2,1H3/t15-,16+/m0/s1. The van der Waals surface area contributed by atoms with E-state index < -0.39 is 6.10 Å². The topological polar surface area (TPSA) is 71.6 Å². The molecule has 3 heterocycles. The fourth-order valence-electron chi connectivity index (χ4n) is 3.32. The van der Waals surface area contributed by atoms with E-state index in [1.165, 1.54) is 19.3 Å². The predicted octanol–water partition coefficient (Wildman–Crippen LogP) is 2.95. The van der Waals surface area contributed by atoms with E-state index >= 15 is 0 Å². The van der Waals surface area contributed by atoms with Crippen LogP contribution in [0, 0.1) is 0 Å². The smallest absolute Gasteiger partial charge is 0.233 e.